The first-order chi connectivity index (χ1) is 9.97. The molecule has 0 aliphatic carbocycles. The Hall–Kier alpha value is -0.192. The van der Waals surface area contributed by atoms with Gasteiger partial charge in [0.25, 0.3) is 0 Å². The van der Waals surface area contributed by atoms with Gasteiger partial charge in [-0.05, 0) is 0 Å². The van der Waals surface area contributed by atoms with Crippen LogP contribution in [-0.4, -0.2) is 54.1 Å². The molecule has 0 aromatic heterocycles. The van der Waals surface area contributed by atoms with Gasteiger partial charge in [-0.25, -0.2) is 10.2 Å². The Labute approximate surface area is 149 Å². The Bertz CT molecular complexity index is 355. The van der Waals surface area contributed by atoms with Crippen molar-refractivity contribution in [2.45, 2.75) is 85.0 Å². The van der Waals surface area contributed by atoms with E-state index in [9.17, 15) is 0 Å². The lowest BCUT2D eigenvalue weighted by Gasteiger charge is -2.41. The van der Waals surface area contributed by atoms with Crippen molar-refractivity contribution in [3.8, 4) is 0 Å². The molecule has 0 saturated heterocycles. The molecular weight excluding hydrogens is 349 g/mol. The van der Waals surface area contributed by atoms with Crippen molar-refractivity contribution in [3.63, 3.8) is 0 Å². The van der Waals surface area contributed by atoms with Crippen LogP contribution in [0, 0.1) is 0 Å². The molecule has 0 heterocycles. The van der Waals surface area contributed by atoms with Crippen LogP contribution in [0.15, 0.2) is 10.2 Å². The van der Waals surface area contributed by atoms with Crippen LogP contribution in [0.1, 0.15) is 6.42 Å². The fourth-order valence-electron chi connectivity index (χ4n) is 3.01. The van der Waals surface area contributed by atoms with Gasteiger partial charge in [-0.1, -0.05) is 78.6 Å². The second-order valence-electron chi connectivity index (χ2n) is 10.1. The minimum atomic E-state index is -1.41. The quantitative estimate of drug-likeness (QED) is 0.321. The van der Waals surface area contributed by atoms with Gasteiger partial charge in [0.1, 0.15) is 0 Å². The molecule has 0 rings (SSSR count). The van der Waals surface area contributed by atoms with Crippen molar-refractivity contribution in [3.05, 3.63) is 0 Å². The highest BCUT2D eigenvalue weighted by atomic mass is 28.4. The summed E-state index contributed by atoms with van der Waals surface area (Å²) in [5.41, 5.74) is 0. The topological polar surface area (TPSA) is 31.2 Å². The predicted octanol–water partition coefficient (Wildman–Crippen LogP) is 5.29. The molecule has 0 unspecified atom stereocenters. The van der Waals surface area contributed by atoms with Crippen LogP contribution in [-0.2, 0) is 0 Å². The van der Waals surface area contributed by atoms with E-state index in [1.54, 1.807) is 0 Å². The van der Waals surface area contributed by atoms with Gasteiger partial charge < -0.3 is 8.68 Å². The van der Waals surface area contributed by atoms with E-state index in [-0.39, 0.29) is 0 Å². The van der Waals surface area contributed by atoms with Gasteiger partial charge in [-0.2, -0.15) is 0 Å². The number of hydrazone groups is 2. The van der Waals surface area contributed by atoms with Crippen molar-refractivity contribution >= 4 is 45.4 Å². The van der Waals surface area contributed by atoms with Crippen molar-refractivity contribution in [2.24, 2.45) is 10.2 Å². The molecule has 0 fully saturated rings. The third kappa shape index (κ3) is 8.46. The molecule has 0 aromatic rings. The van der Waals surface area contributed by atoms with Crippen LogP contribution in [0.2, 0.25) is 78.6 Å². The van der Waals surface area contributed by atoms with Gasteiger partial charge in [0.15, 0.2) is 32.9 Å². The number of hydrogen-bond acceptors (Lipinski definition) is 4. The molecule has 0 spiro atoms. The second kappa shape index (κ2) is 7.79. The standard InChI is InChI=1S/C15H40N4Si4/c1-20(2,3)18(21(4,5)6)16-14-13-15-17-19(22(7,8)9)23(10,11)12/h14-15H,13H2,1-12H3. The normalized spacial score (nSPS) is 14.8. The molecule has 4 nitrogen and oxygen atoms in total. The molecule has 0 bridgehead atoms. The van der Waals surface area contributed by atoms with Gasteiger partial charge in [-0.15, -0.1) is 0 Å². The van der Waals surface area contributed by atoms with Crippen molar-refractivity contribution in [2.75, 3.05) is 0 Å². The van der Waals surface area contributed by atoms with E-state index in [0.29, 0.717) is 0 Å². The van der Waals surface area contributed by atoms with Gasteiger partial charge in [0, 0.05) is 18.9 Å². The lowest BCUT2D eigenvalue weighted by molar-refractivity contribution is 0.666. The largest absolute Gasteiger partial charge is 0.350 e. The second-order valence-corrected chi connectivity index (χ2v) is 30.1. The molecule has 0 aromatic carbocycles. The smallest absolute Gasteiger partial charge is 0.158 e. The molecule has 0 saturated carbocycles. The minimum absolute atomic E-state index is 0.816. The van der Waals surface area contributed by atoms with Crippen LogP contribution in [0.25, 0.3) is 0 Å². The lowest BCUT2D eigenvalue weighted by atomic mass is 10.5. The van der Waals surface area contributed by atoms with Crippen LogP contribution < -0.4 is 0 Å². The Kier molecular flexibility index (Phi) is 7.73. The monoisotopic (exact) mass is 388 g/mol. The summed E-state index contributed by atoms with van der Waals surface area (Å²) in [4.78, 5) is 0. The maximum Gasteiger partial charge on any atom is 0.158 e. The molecule has 0 radical (unpaired) electrons. The fourth-order valence-corrected chi connectivity index (χ4v) is 20.8. The van der Waals surface area contributed by atoms with E-state index in [0.717, 1.165) is 6.42 Å². The molecular formula is C15H40N4Si4. The first-order valence-corrected chi connectivity index (χ1v) is 22.4. The maximum atomic E-state index is 4.83. The summed E-state index contributed by atoms with van der Waals surface area (Å²) in [6, 6.07) is 0. The van der Waals surface area contributed by atoms with Gasteiger partial charge in [-0.3, -0.25) is 0 Å². The Morgan fingerprint density at radius 1 is 0.522 bits per heavy atom. The summed E-state index contributed by atoms with van der Waals surface area (Å²) < 4.78 is 4.89. The highest BCUT2D eigenvalue weighted by Gasteiger charge is 2.34. The zero-order valence-corrected chi connectivity index (χ0v) is 21.7. The van der Waals surface area contributed by atoms with Crippen LogP contribution in [0.3, 0.4) is 0 Å². The number of nitrogens with zero attached hydrogens (tertiary/aromatic N) is 4. The average Bonchev–Trinajstić information content (AvgIpc) is 2.19. The first kappa shape index (κ1) is 22.8. The molecule has 136 valence electrons. The summed E-state index contributed by atoms with van der Waals surface area (Å²) in [5, 5.41) is 9.66. The summed E-state index contributed by atoms with van der Waals surface area (Å²) in [6.07, 6.45) is 4.91. The van der Waals surface area contributed by atoms with E-state index >= 15 is 0 Å². The Morgan fingerprint density at radius 2 is 0.739 bits per heavy atom. The van der Waals surface area contributed by atoms with Gasteiger partial charge >= 0.3 is 0 Å². The molecule has 8 heteroatoms. The summed E-state index contributed by atoms with van der Waals surface area (Å²) in [7, 11) is -5.63. The Morgan fingerprint density at radius 3 is 0.913 bits per heavy atom. The maximum absolute atomic E-state index is 4.83. The van der Waals surface area contributed by atoms with Crippen LogP contribution >= 0.6 is 0 Å². The van der Waals surface area contributed by atoms with Crippen molar-refractivity contribution in [1.29, 1.82) is 0 Å². The SMILES string of the molecule is C[Si](C)(C)N(N=CCC=NN([Si](C)(C)C)[Si](C)(C)C)[Si](C)(C)C. The number of rotatable bonds is 8. The molecule has 0 amide bonds. The highest BCUT2D eigenvalue weighted by Crippen LogP contribution is 2.20. The van der Waals surface area contributed by atoms with Crippen LogP contribution in [0.4, 0.5) is 0 Å². The molecule has 0 aliphatic rings. The zero-order valence-electron chi connectivity index (χ0n) is 17.7. The van der Waals surface area contributed by atoms with Gasteiger partial charge in [0.2, 0.25) is 0 Å². The third-order valence-corrected chi connectivity index (χ3v) is 16.7. The van der Waals surface area contributed by atoms with Crippen molar-refractivity contribution in [1.82, 2.24) is 8.68 Å². The van der Waals surface area contributed by atoms with Gasteiger partial charge in [0.05, 0.1) is 0 Å². The number of hydrogen-bond donors (Lipinski definition) is 0. The molecule has 23 heavy (non-hydrogen) atoms. The van der Waals surface area contributed by atoms with E-state index in [4.69, 9.17) is 10.2 Å². The lowest BCUT2D eigenvalue weighted by Crippen LogP contribution is -2.56. The summed E-state index contributed by atoms with van der Waals surface area (Å²) >= 11 is 0. The van der Waals surface area contributed by atoms with E-state index < -0.39 is 32.9 Å². The summed E-state index contributed by atoms with van der Waals surface area (Å²) in [5.74, 6) is 0. The van der Waals surface area contributed by atoms with E-state index in [1.165, 1.54) is 0 Å². The molecule has 0 N–H and O–H groups in total. The zero-order chi connectivity index (χ0) is 18.7. The van der Waals surface area contributed by atoms with E-state index in [2.05, 4.69) is 87.2 Å². The average molecular weight is 389 g/mol. The highest BCUT2D eigenvalue weighted by molar-refractivity contribution is 6.90. The van der Waals surface area contributed by atoms with Crippen LogP contribution in [0.5, 0.6) is 0 Å². The molecule has 0 aliphatic heterocycles. The first-order valence-electron chi connectivity index (χ1n) is 8.63. The fraction of sp³-hybridized carbons (Fsp3) is 0.867. The summed E-state index contributed by atoms with van der Waals surface area (Å²) in [6.45, 7) is 28.4. The minimum Gasteiger partial charge on any atom is -0.350 e. The Balaban J connectivity index is 4.98. The third-order valence-electron chi connectivity index (χ3n) is 3.15. The predicted molar refractivity (Wildman–Crippen MR) is 119 cm³/mol. The van der Waals surface area contributed by atoms with Crippen molar-refractivity contribution < 1.29 is 0 Å². The molecule has 0 atom stereocenters. The van der Waals surface area contributed by atoms with E-state index in [1.807, 2.05) is 12.4 Å².